The van der Waals surface area contributed by atoms with E-state index in [0.717, 1.165) is 16.1 Å². The van der Waals surface area contributed by atoms with E-state index in [1.807, 2.05) is 24.3 Å². The van der Waals surface area contributed by atoms with Crippen molar-refractivity contribution >= 4 is 21.6 Å². The minimum atomic E-state index is 0.497. The Morgan fingerprint density at radius 3 is 2.79 bits per heavy atom. The Balaban J connectivity index is 1.81. The number of rotatable bonds is 7. The first-order valence-corrected chi connectivity index (χ1v) is 6.63. The van der Waals surface area contributed by atoms with E-state index >= 15 is 0 Å². The largest absolute Gasteiger partial charge is 0.475 e. The quantitative estimate of drug-likeness (QED) is 0.792. The summed E-state index contributed by atoms with van der Waals surface area (Å²) in [5, 5.41) is 3.21. The van der Waals surface area contributed by atoms with Crippen molar-refractivity contribution in [2.45, 2.75) is 6.54 Å². The lowest BCUT2D eigenvalue weighted by Gasteiger charge is -2.06. The molecular formula is C13H15BrN2O3. The Labute approximate surface area is 120 Å². The summed E-state index contributed by atoms with van der Waals surface area (Å²) < 4.78 is 16.4. The van der Waals surface area contributed by atoms with Gasteiger partial charge in [0.1, 0.15) is 12.4 Å². The van der Waals surface area contributed by atoms with E-state index in [1.165, 1.54) is 0 Å². The predicted molar refractivity (Wildman–Crippen MR) is 75.3 cm³/mol. The predicted octanol–water partition coefficient (Wildman–Crippen LogP) is 3.07. The van der Waals surface area contributed by atoms with E-state index in [9.17, 15) is 0 Å². The van der Waals surface area contributed by atoms with Crippen LogP contribution in [0.1, 0.15) is 5.76 Å². The van der Waals surface area contributed by atoms with Crippen LogP contribution in [0, 0.1) is 0 Å². The summed E-state index contributed by atoms with van der Waals surface area (Å²) in [6.07, 6.45) is 1.72. The van der Waals surface area contributed by atoms with Crippen molar-refractivity contribution in [3.63, 3.8) is 0 Å². The van der Waals surface area contributed by atoms with Crippen LogP contribution in [0.25, 0.3) is 0 Å². The molecular weight excluding hydrogens is 312 g/mol. The zero-order valence-electron chi connectivity index (χ0n) is 10.6. The van der Waals surface area contributed by atoms with Gasteiger partial charge in [0, 0.05) is 13.2 Å². The fraction of sp³-hybridized carbons (Fsp3) is 0.308. The fourth-order valence-corrected chi connectivity index (χ4v) is 1.78. The van der Waals surface area contributed by atoms with Gasteiger partial charge in [-0.15, -0.1) is 0 Å². The lowest BCUT2D eigenvalue weighted by molar-refractivity contribution is 0.144. The zero-order chi connectivity index (χ0) is 13.5. The summed E-state index contributed by atoms with van der Waals surface area (Å²) >= 11 is 3.26. The molecule has 0 aliphatic rings. The molecule has 0 saturated heterocycles. The third kappa shape index (κ3) is 4.57. The minimum Gasteiger partial charge on any atom is -0.475 e. The van der Waals surface area contributed by atoms with Crippen molar-refractivity contribution in [3.05, 3.63) is 40.9 Å². The number of halogens is 1. The monoisotopic (exact) mass is 326 g/mol. The molecule has 1 N–H and O–H groups in total. The number of methoxy groups -OCH3 is 1. The highest BCUT2D eigenvalue weighted by Gasteiger charge is 2.00. The molecule has 2 rings (SSSR count). The summed E-state index contributed by atoms with van der Waals surface area (Å²) in [7, 11) is 1.64. The Bertz CT molecular complexity index is 499. The maximum absolute atomic E-state index is 5.39. The van der Waals surface area contributed by atoms with Crippen LogP contribution in [-0.4, -0.2) is 25.3 Å². The number of aromatic nitrogens is 1. The molecule has 102 valence electrons. The molecule has 2 aromatic heterocycles. The van der Waals surface area contributed by atoms with Gasteiger partial charge in [-0.25, -0.2) is 4.98 Å². The molecule has 0 spiro atoms. The summed E-state index contributed by atoms with van der Waals surface area (Å²) in [6, 6.07) is 7.50. The Morgan fingerprint density at radius 1 is 1.26 bits per heavy atom. The minimum absolute atomic E-state index is 0.497. The van der Waals surface area contributed by atoms with Gasteiger partial charge in [0.25, 0.3) is 0 Å². The Kier molecular flexibility index (Phi) is 5.23. The molecule has 0 bridgehead atoms. The highest BCUT2D eigenvalue weighted by atomic mass is 79.9. The van der Waals surface area contributed by atoms with Crippen molar-refractivity contribution in [2.75, 3.05) is 25.6 Å². The van der Waals surface area contributed by atoms with Crippen LogP contribution in [0.15, 0.2) is 39.5 Å². The average molecular weight is 327 g/mol. The van der Waals surface area contributed by atoms with Crippen LogP contribution < -0.4 is 10.1 Å². The second-order valence-corrected chi connectivity index (χ2v) is 4.57. The highest BCUT2D eigenvalue weighted by molar-refractivity contribution is 9.10. The number of hydrogen-bond acceptors (Lipinski definition) is 5. The number of nitrogens with zero attached hydrogens (tertiary/aromatic N) is 1. The van der Waals surface area contributed by atoms with Gasteiger partial charge in [-0.05, 0) is 34.1 Å². The van der Waals surface area contributed by atoms with Gasteiger partial charge in [-0.1, -0.05) is 0 Å². The molecule has 0 aliphatic heterocycles. The first-order chi connectivity index (χ1) is 9.28. The summed E-state index contributed by atoms with van der Waals surface area (Å²) in [5.41, 5.74) is 0.909. The van der Waals surface area contributed by atoms with Gasteiger partial charge in [-0.3, -0.25) is 0 Å². The van der Waals surface area contributed by atoms with Gasteiger partial charge < -0.3 is 19.2 Å². The molecule has 0 atom stereocenters. The summed E-state index contributed by atoms with van der Waals surface area (Å²) in [5.74, 6) is 1.44. The third-order valence-electron chi connectivity index (χ3n) is 2.37. The Morgan fingerprint density at radius 2 is 2.16 bits per heavy atom. The zero-order valence-corrected chi connectivity index (χ0v) is 12.1. The number of nitrogens with one attached hydrogen (secondary N) is 1. The third-order valence-corrected chi connectivity index (χ3v) is 2.80. The molecule has 0 amide bonds. The van der Waals surface area contributed by atoms with Gasteiger partial charge in [-0.2, -0.15) is 0 Å². The Hall–Kier alpha value is -1.53. The van der Waals surface area contributed by atoms with E-state index in [-0.39, 0.29) is 0 Å². The summed E-state index contributed by atoms with van der Waals surface area (Å²) in [6.45, 7) is 1.66. The van der Waals surface area contributed by atoms with Gasteiger partial charge >= 0.3 is 0 Å². The number of pyridine rings is 1. The molecule has 2 heterocycles. The van der Waals surface area contributed by atoms with Crippen molar-refractivity contribution < 1.29 is 13.9 Å². The van der Waals surface area contributed by atoms with Gasteiger partial charge in [0.15, 0.2) is 4.67 Å². The second-order valence-electron chi connectivity index (χ2n) is 3.79. The first kappa shape index (κ1) is 13.9. The maximum atomic E-state index is 5.39. The van der Waals surface area contributed by atoms with Crippen LogP contribution >= 0.6 is 15.9 Å². The topological polar surface area (TPSA) is 56.5 Å². The maximum Gasteiger partial charge on any atom is 0.213 e. The van der Waals surface area contributed by atoms with Gasteiger partial charge in [0.05, 0.1) is 25.0 Å². The van der Waals surface area contributed by atoms with E-state index in [2.05, 4.69) is 26.2 Å². The van der Waals surface area contributed by atoms with Crippen molar-refractivity contribution in [1.82, 2.24) is 4.98 Å². The SMILES string of the molecule is COCCOc1ccc(NCc2ccc(Br)o2)cn1. The van der Waals surface area contributed by atoms with E-state index in [4.69, 9.17) is 13.9 Å². The molecule has 0 fully saturated rings. The molecule has 2 aromatic rings. The van der Waals surface area contributed by atoms with Crippen LogP contribution in [0.2, 0.25) is 0 Å². The molecule has 0 aromatic carbocycles. The van der Waals surface area contributed by atoms with E-state index in [0.29, 0.717) is 25.6 Å². The highest BCUT2D eigenvalue weighted by Crippen LogP contribution is 2.16. The van der Waals surface area contributed by atoms with Crippen molar-refractivity contribution in [3.8, 4) is 5.88 Å². The van der Waals surface area contributed by atoms with Crippen LogP contribution in [-0.2, 0) is 11.3 Å². The number of furan rings is 1. The molecule has 0 radical (unpaired) electrons. The standard InChI is InChI=1S/C13H15BrN2O3/c1-17-6-7-18-13-5-2-10(8-16-13)15-9-11-3-4-12(14)19-11/h2-5,8,15H,6-7,9H2,1H3. The van der Waals surface area contributed by atoms with Crippen LogP contribution in [0.5, 0.6) is 5.88 Å². The van der Waals surface area contributed by atoms with Crippen LogP contribution in [0.4, 0.5) is 5.69 Å². The fourth-order valence-electron chi connectivity index (χ4n) is 1.44. The number of ether oxygens (including phenoxy) is 2. The smallest absolute Gasteiger partial charge is 0.213 e. The first-order valence-electron chi connectivity index (χ1n) is 5.84. The normalized spacial score (nSPS) is 10.4. The summed E-state index contributed by atoms with van der Waals surface area (Å²) in [4.78, 5) is 4.19. The van der Waals surface area contributed by atoms with Crippen molar-refractivity contribution in [2.24, 2.45) is 0 Å². The number of anilines is 1. The molecule has 0 unspecified atom stereocenters. The van der Waals surface area contributed by atoms with E-state index in [1.54, 1.807) is 13.3 Å². The van der Waals surface area contributed by atoms with Crippen molar-refractivity contribution in [1.29, 1.82) is 0 Å². The van der Waals surface area contributed by atoms with Crippen LogP contribution in [0.3, 0.4) is 0 Å². The molecule has 0 saturated carbocycles. The average Bonchev–Trinajstić information content (AvgIpc) is 2.84. The number of hydrogen-bond donors (Lipinski definition) is 1. The lowest BCUT2D eigenvalue weighted by atomic mass is 10.4. The molecule has 6 heteroatoms. The molecule has 19 heavy (non-hydrogen) atoms. The second kappa shape index (κ2) is 7.16. The lowest BCUT2D eigenvalue weighted by Crippen LogP contribution is -2.05. The van der Waals surface area contributed by atoms with Gasteiger partial charge in [0.2, 0.25) is 5.88 Å². The van der Waals surface area contributed by atoms with E-state index < -0.39 is 0 Å². The molecule has 5 nitrogen and oxygen atoms in total. The molecule has 0 aliphatic carbocycles.